The fourth-order valence-electron chi connectivity index (χ4n) is 2.49. The number of aryl methyl sites for hydroxylation is 2. The van der Waals surface area contributed by atoms with E-state index in [4.69, 9.17) is 0 Å². The maximum atomic E-state index is 12.0. The largest absolute Gasteiger partial charge is 0.357 e. The number of nitrogens with zero attached hydrogens (tertiary/aromatic N) is 3. The van der Waals surface area contributed by atoms with Gasteiger partial charge in [0.25, 0.3) is 0 Å². The molecule has 2 heterocycles. The normalized spacial score (nSPS) is 15.1. The summed E-state index contributed by atoms with van der Waals surface area (Å²) < 4.78 is 0. The summed E-state index contributed by atoms with van der Waals surface area (Å²) in [6.45, 7) is 9.66. The van der Waals surface area contributed by atoms with Gasteiger partial charge < -0.3 is 15.5 Å². The third-order valence-electron chi connectivity index (χ3n) is 3.88. The summed E-state index contributed by atoms with van der Waals surface area (Å²) in [5.74, 6) is 0.816. The van der Waals surface area contributed by atoms with Crippen LogP contribution in [0, 0.1) is 13.8 Å². The lowest BCUT2D eigenvalue weighted by molar-refractivity contribution is -0.128. The number of thiazole rings is 1. The summed E-state index contributed by atoms with van der Waals surface area (Å²) in [5.41, 5.74) is 1.11. The van der Waals surface area contributed by atoms with Crippen LogP contribution < -0.4 is 10.6 Å². The van der Waals surface area contributed by atoms with E-state index in [0.29, 0.717) is 5.96 Å². The average Bonchev–Trinajstić information content (AvgIpc) is 3.15. The lowest BCUT2D eigenvalue weighted by Gasteiger charge is -2.15. The molecule has 0 atom stereocenters. The molecule has 23 heavy (non-hydrogen) atoms. The van der Waals surface area contributed by atoms with Crippen LogP contribution in [0.2, 0.25) is 0 Å². The molecule has 0 unspecified atom stereocenters. The van der Waals surface area contributed by atoms with E-state index in [9.17, 15) is 4.79 Å². The van der Waals surface area contributed by atoms with Gasteiger partial charge in [-0.25, -0.2) is 9.98 Å². The van der Waals surface area contributed by atoms with Crippen molar-refractivity contribution < 1.29 is 4.79 Å². The molecular weight excluding hydrogens is 310 g/mol. The molecule has 0 saturated carbocycles. The maximum absolute atomic E-state index is 12.0. The minimum atomic E-state index is 0.117. The summed E-state index contributed by atoms with van der Waals surface area (Å²) in [5, 5.41) is 7.60. The molecule has 2 N–H and O–H groups in total. The Bertz CT molecular complexity index is 529. The minimum absolute atomic E-state index is 0.117. The zero-order valence-electron chi connectivity index (χ0n) is 14.3. The lowest BCUT2D eigenvalue weighted by Crippen LogP contribution is -2.39. The first-order valence-electron chi connectivity index (χ1n) is 8.33. The predicted octanol–water partition coefficient (Wildman–Crippen LogP) is 1.48. The number of likely N-dealkylation sites (tertiary alicyclic amines) is 1. The van der Waals surface area contributed by atoms with E-state index in [0.717, 1.165) is 56.1 Å². The smallest absolute Gasteiger partial charge is 0.244 e. The second kappa shape index (κ2) is 8.86. The molecule has 0 spiro atoms. The molecule has 1 aliphatic heterocycles. The van der Waals surface area contributed by atoms with E-state index in [1.165, 1.54) is 4.88 Å². The zero-order valence-corrected chi connectivity index (χ0v) is 15.1. The molecule has 1 saturated heterocycles. The molecule has 128 valence electrons. The Morgan fingerprint density at radius 3 is 2.65 bits per heavy atom. The number of rotatable bonds is 6. The standard InChI is InChI=1S/C16H27N5OS/c1-4-17-16(19-11-15(22)21-9-5-6-10-21)18-8-7-14-20-12(2)13(3)23-14/h4-11H2,1-3H3,(H2,17,18,19). The lowest BCUT2D eigenvalue weighted by atomic mass is 10.4. The SMILES string of the molecule is CCNC(=NCC(=O)N1CCCC1)NCCc1nc(C)c(C)s1. The second-order valence-corrected chi connectivity index (χ2v) is 7.00. The van der Waals surface area contributed by atoms with Crippen LogP contribution in [0.3, 0.4) is 0 Å². The van der Waals surface area contributed by atoms with Crippen LogP contribution >= 0.6 is 11.3 Å². The van der Waals surface area contributed by atoms with E-state index in [-0.39, 0.29) is 12.5 Å². The van der Waals surface area contributed by atoms with Crippen molar-refractivity contribution in [2.75, 3.05) is 32.7 Å². The first-order valence-corrected chi connectivity index (χ1v) is 9.14. The van der Waals surface area contributed by atoms with Gasteiger partial charge in [-0.15, -0.1) is 11.3 Å². The number of guanidine groups is 1. The Balaban J connectivity index is 1.80. The van der Waals surface area contributed by atoms with Crippen molar-refractivity contribution >= 4 is 23.2 Å². The molecule has 0 aliphatic carbocycles. The van der Waals surface area contributed by atoms with Gasteiger partial charge in [-0.3, -0.25) is 4.79 Å². The van der Waals surface area contributed by atoms with Crippen LogP contribution in [0.1, 0.15) is 35.3 Å². The van der Waals surface area contributed by atoms with Gasteiger partial charge in [0.15, 0.2) is 5.96 Å². The third-order valence-corrected chi connectivity index (χ3v) is 5.01. The zero-order chi connectivity index (χ0) is 16.7. The molecule has 1 fully saturated rings. The van der Waals surface area contributed by atoms with Gasteiger partial charge in [0, 0.05) is 37.5 Å². The van der Waals surface area contributed by atoms with E-state index < -0.39 is 0 Å². The fraction of sp³-hybridized carbons (Fsp3) is 0.688. The van der Waals surface area contributed by atoms with Gasteiger partial charge in [0.05, 0.1) is 10.7 Å². The second-order valence-electron chi connectivity index (χ2n) is 5.71. The predicted molar refractivity (Wildman–Crippen MR) is 95.1 cm³/mol. The van der Waals surface area contributed by atoms with Crippen molar-refractivity contribution in [1.29, 1.82) is 0 Å². The molecule has 1 aromatic rings. The number of aromatic nitrogens is 1. The topological polar surface area (TPSA) is 69.6 Å². The number of hydrogen-bond donors (Lipinski definition) is 2. The van der Waals surface area contributed by atoms with Crippen LogP contribution in [-0.2, 0) is 11.2 Å². The fourth-order valence-corrected chi connectivity index (χ4v) is 3.42. The first kappa shape index (κ1) is 17.7. The number of nitrogens with one attached hydrogen (secondary N) is 2. The maximum Gasteiger partial charge on any atom is 0.244 e. The molecule has 0 aromatic carbocycles. The summed E-state index contributed by atoms with van der Waals surface area (Å²) in [4.78, 5) is 24.2. The van der Waals surface area contributed by atoms with E-state index in [2.05, 4.69) is 27.5 Å². The molecule has 7 heteroatoms. The van der Waals surface area contributed by atoms with Crippen molar-refractivity contribution in [3.63, 3.8) is 0 Å². The molecule has 1 aromatic heterocycles. The Morgan fingerprint density at radius 1 is 1.30 bits per heavy atom. The van der Waals surface area contributed by atoms with E-state index in [1.54, 1.807) is 11.3 Å². The quantitative estimate of drug-likeness (QED) is 0.609. The molecule has 0 bridgehead atoms. The number of amides is 1. The Kier molecular flexibility index (Phi) is 6.83. The minimum Gasteiger partial charge on any atom is -0.357 e. The average molecular weight is 337 g/mol. The van der Waals surface area contributed by atoms with Crippen molar-refractivity contribution in [1.82, 2.24) is 20.5 Å². The Hall–Kier alpha value is -1.63. The molecule has 6 nitrogen and oxygen atoms in total. The number of hydrogen-bond acceptors (Lipinski definition) is 4. The molecular formula is C16H27N5OS. The van der Waals surface area contributed by atoms with Crippen LogP contribution in [0.15, 0.2) is 4.99 Å². The third kappa shape index (κ3) is 5.49. The van der Waals surface area contributed by atoms with Crippen LogP contribution in [0.5, 0.6) is 0 Å². The van der Waals surface area contributed by atoms with Gasteiger partial charge in [-0.1, -0.05) is 0 Å². The number of aliphatic imine (C=N–C) groups is 1. The van der Waals surface area contributed by atoms with Gasteiger partial charge in [0.2, 0.25) is 5.91 Å². The highest BCUT2D eigenvalue weighted by atomic mass is 32.1. The monoisotopic (exact) mass is 337 g/mol. The van der Waals surface area contributed by atoms with Gasteiger partial charge >= 0.3 is 0 Å². The van der Waals surface area contributed by atoms with Gasteiger partial charge in [-0.05, 0) is 33.6 Å². The van der Waals surface area contributed by atoms with Gasteiger partial charge in [-0.2, -0.15) is 0 Å². The summed E-state index contributed by atoms with van der Waals surface area (Å²) in [6, 6.07) is 0. The number of carbonyl (C=O) groups is 1. The van der Waals surface area contributed by atoms with Crippen molar-refractivity contribution in [3.8, 4) is 0 Å². The van der Waals surface area contributed by atoms with Crippen LogP contribution in [-0.4, -0.2) is 54.5 Å². The van der Waals surface area contributed by atoms with E-state index in [1.807, 2.05) is 18.7 Å². The highest BCUT2D eigenvalue weighted by Crippen LogP contribution is 2.16. The highest BCUT2D eigenvalue weighted by Gasteiger charge is 2.17. The Labute approximate surface area is 142 Å². The molecule has 1 amide bonds. The highest BCUT2D eigenvalue weighted by molar-refractivity contribution is 7.11. The van der Waals surface area contributed by atoms with Crippen molar-refractivity contribution in [3.05, 3.63) is 15.6 Å². The molecule has 1 aliphatic rings. The van der Waals surface area contributed by atoms with Crippen molar-refractivity contribution in [2.45, 2.75) is 40.0 Å². The van der Waals surface area contributed by atoms with Crippen molar-refractivity contribution in [2.24, 2.45) is 4.99 Å². The van der Waals surface area contributed by atoms with Crippen LogP contribution in [0.25, 0.3) is 0 Å². The number of carbonyl (C=O) groups excluding carboxylic acids is 1. The molecule has 0 radical (unpaired) electrons. The molecule has 2 rings (SSSR count). The van der Waals surface area contributed by atoms with E-state index >= 15 is 0 Å². The summed E-state index contributed by atoms with van der Waals surface area (Å²) in [7, 11) is 0. The Morgan fingerprint density at radius 2 is 2.04 bits per heavy atom. The summed E-state index contributed by atoms with van der Waals surface area (Å²) in [6.07, 6.45) is 3.09. The van der Waals surface area contributed by atoms with Gasteiger partial charge in [0.1, 0.15) is 6.54 Å². The first-order chi connectivity index (χ1) is 11.1. The van der Waals surface area contributed by atoms with Crippen LogP contribution in [0.4, 0.5) is 0 Å². The summed E-state index contributed by atoms with van der Waals surface area (Å²) >= 11 is 1.74.